The van der Waals surface area contributed by atoms with E-state index < -0.39 is 0 Å². The summed E-state index contributed by atoms with van der Waals surface area (Å²) in [4.78, 5) is 0. The summed E-state index contributed by atoms with van der Waals surface area (Å²) in [6, 6.07) is 13.4. The van der Waals surface area contributed by atoms with Crippen molar-refractivity contribution < 1.29 is 4.74 Å². The number of hydrogen-bond acceptors (Lipinski definition) is 3. The third-order valence-electron chi connectivity index (χ3n) is 2.89. The van der Waals surface area contributed by atoms with Crippen LogP contribution in [0.2, 0.25) is 0 Å². The quantitative estimate of drug-likeness (QED) is 0.818. The monoisotopic (exact) mass is 238 g/mol. The van der Waals surface area contributed by atoms with Crippen LogP contribution in [-0.2, 0) is 0 Å². The molecule has 0 spiro atoms. The molecule has 0 aliphatic rings. The summed E-state index contributed by atoms with van der Waals surface area (Å²) in [7, 11) is 1.64. The van der Waals surface area contributed by atoms with E-state index in [0.717, 1.165) is 22.4 Å². The number of nitrogen functional groups attached to an aromatic ring is 1. The molecule has 0 bridgehead atoms. The van der Waals surface area contributed by atoms with E-state index in [9.17, 15) is 0 Å². The highest BCUT2D eigenvalue weighted by Crippen LogP contribution is 2.30. The van der Waals surface area contributed by atoms with E-state index >= 15 is 0 Å². The van der Waals surface area contributed by atoms with Crippen molar-refractivity contribution in [2.45, 2.75) is 6.92 Å². The average molecular weight is 238 g/mol. The van der Waals surface area contributed by atoms with Gasteiger partial charge in [-0.15, -0.1) is 0 Å². The lowest BCUT2D eigenvalue weighted by atomic mass is 9.96. The van der Waals surface area contributed by atoms with Crippen molar-refractivity contribution in [3.05, 3.63) is 47.5 Å². The van der Waals surface area contributed by atoms with Crippen LogP contribution in [0.15, 0.2) is 36.4 Å². The molecule has 0 amide bonds. The maximum Gasteiger partial charge on any atom is 0.119 e. The van der Waals surface area contributed by atoms with Crippen LogP contribution < -0.4 is 10.5 Å². The summed E-state index contributed by atoms with van der Waals surface area (Å²) in [5.74, 6) is 0.810. The molecule has 0 unspecified atom stereocenters. The van der Waals surface area contributed by atoms with Gasteiger partial charge in [0.2, 0.25) is 0 Å². The van der Waals surface area contributed by atoms with Crippen LogP contribution in [0.4, 0.5) is 5.69 Å². The Labute approximate surface area is 106 Å². The lowest BCUT2D eigenvalue weighted by Crippen LogP contribution is -1.92. The van der Waals surface area contributed by atoms with Gasteiger partial charge in [-0.1, -0.05) is 12.1 Å². The summed E-state index contributed by atoms with van der Waals surface area (Å²) in [5.41, 5.74) is 9.86. The van der Waals surface area contributed by atoms with Crippen molar-refractivity contribution in [2.24, 2.45) is 0 Å². The second-order valence-electron chi connectivity index (χ2n) is 4.10. The Kier molecular flexibility index (Phi) is 3.20. The highest BCUT2D eigenvalue weighted by Gasteiger charge is 2.08. The molecule has 0 aliphatic heterocycles. The minimum atomic E-state index is 0.586. The summed E-state index contributed by atoms with van der Waals surface area (Å²) in [6.45, 7) is 2.00. The molecule has 0 saturated heterocycles. The molecule has 0 aliphatic carbocycles. The van der Waals surface area contributed by atoms with E-state index in [-0.39, 0.29) is 0 Å². The standard InChI is InChI=1S/C15H14N2O/c1-10-7-13(18-2)4-6-14(10)15-5-3-12(17)8-11(15)9-16/h3-8H,17H2,1-2H3. The Morgan fingerprint density at radius 1 is 1.11 bits per heavy atom. The first kappa shape index (κ1) is 12.0. The van der Waals surface area contributed by atoms with Crippen LogP contribution in [0.5, 0.6) is 5.75 Å². The van der Waals surface area contributed by atoms with E-state index in [1.807, 2.05) is 31.2 Å². The Hall–Kier alpha value is -2.47. The van der Waals surface area contributed by atoms with E-state index in [1.54, 1.807) is 19.2 Å². The predicted molar refractivity (Wildman–Crippen MR) is 72.3 cm³/mol. The lowest BCUT2D eigenvalue weighted by molar-refractivity contribution is 0.414. The molecule has 18 heavy (non-hydrogen) atoms. The van der Waals surface area contributed by atoms with Crippen LogP contribution in [0.1, 0.15) is 11.1 Å². The van der Waals surface area contributed by atoms with Crippen molar-refractivity contribution in [1.29, 1.82) is 5.26 Å². The number of anilines is 1. The summed E-state index contributed by atoms with van der Waals surface area (Å²) >= 11 is 0. The predicted octanol–water partition coefficient (Wildman–Crippen LogP) is 3.12. The normalized spacial score (nSPS) is 9.83. The van der Waals surface area contributed by atoms with Crippen molar-refractivity contribution >= 4 is 5.69 Å². The molecule has 2 N–H and O–H groups in total. The summed E-state index contributed by atoms with van der Waals surface area (Å²) in [6.07, 6.45) is 0. The number of nitrogens with two attached hydrogens (primary N) is 1. The Morgan fingerprint density at radius 3 is 2.44 bits per heavy atom. The van der Waals surface area contributed by atoms with Gasteiger partial charge in [0.1, 0.15) is 5.75 Å². The maximum absolute atomic E-state index is 9.17. The van der Waals surface area contributed by atoms with Gasteiger partial charge in [0.15, 0.2) is 0 Å². The van der Waals surface area contributed by atoms with Gasteiger partial charge < -0.3 is 10.5 Å². The Balaban J connectivity index is 2.59. The van der Waals surface area contributed by atoms with Crippen LogP contribution in [0.3, 0.4) is 0 Å². The Morgan fingerprint density at radius 2 is 1.83 bits per heavy atom. The van der Waals surface area contributed by atoms with E-state index in [2.05, 4.69) is 6.07 Å². The topological polar surface area (TPSA) is 59.0 Å². The second-order valence-corrected chi connectivity index (χ2v) is 4.10. The van der Waals surface area contributed by atoms with Crippen LogP contribution in [0.25, 0.3) is 11.1 Å². The van der Waals surface area contributed by atoms with Crippen molar-refractivity contribution in [2.75, 3.05) is 12.8 Å². The summed E-state index contributed by atoms with van der Waals surface area (Å²) in [5, 5.41) is 9.17. The molecule has 0 heterocycles. The molecule has 90 valence electrons. The molecule has 3 nitrogen and oxygen atoms in total. The van der Waals surface area contributed by atoms with Gasteiger partial charge in [-0.25, -0.2) is 0 Å². The maximum atomic E-state index is 9.17. The van der Waals surface area contributed by atoms with E-state index in [4.69, 9.17) is 15.7 Å². The van der Waals surface area contributed by atoms with Crippen molar-refractivity contribution in [3.8, 4) is 22.9 Å². The SMILES string of the molecule is COc1ccc(-c2ccc(N)cc2C#N)c(C)c1. The molecule has 0 atom stereocenters. The zero-order chi connectivity index (χ0) is 13.1. The first-order valence-corrected chi connectivity index (χ1v) is 5.60. The van der Waals surface area contributed by atoms with E-state index in [0.29, 0.717) is 11.3 Å². The van der Waals surface area contributed by atoms with E-state index in [1.165, 1.54) is 0 Å². The van der Waals surface area contributed by atoms with Gasteiger partial charge in [0, 0.05) is 5.69 Å². The number of nitriles is 1. The van der Waals surface area contributed by atoms with Crippen LogP contribution in [0, 0.1) is 18.3 Å². The highest BCUT2D eigenvalue weighted by atomic mass is 16.5. The number of rotatable bonds is 2. The molecule has 0 fully saturated rings. The molecule has 0 radical (unpaired) electrons. The van der Waals surface area contributed by atoms with Crippen LogP contribution in [-0.4, -0.2) is 7.11 Å². The molecule has 3 heteroatoms. The second kappa shape index (κ2) is 4.80. The van der Waals surface area contributed by atoms with Gasteiger partial charge >= 0.3 is 0 Å². The molecule has 0 saturated carbocycles. The van der Waals surface area contributed by atoms with Crippen molar-refractivity contribution in [3.63, 3.8) is 0 Å². The first-order chi connectivity index (χ1) is 8.65. The minimum Gasteiger partial charge on any atom is -0.497 e. The molecule has 2 aromatic carbocycles. The fraction of sp³-hybridized carbons (Fsp3) is 0.133. The number of ether oxygens (including phenoxy) is 1. The van der Waals surface area contributed by atoms with Gasteiger partial charge in [-0.2, -0.15) is 5.26 Å². The zero-order valence-electron chi connectivity index (χ0n) is 10.4. The molecular formula is C15H14N2O. The fourth-order valence-electron chi connectivity index (χ4n) is 1.95. The number of aryl methyl sites for hydroxylation is 1. The minimum absolute atomic E-state index is 0.586. The van der Waals surface area contributed by atoms with Gasteiger partial charge in [-0.3, -0.25) is 0 Å². The Bertz CT molecular complexity index is 627. The molecule has 0 aromatic heterocycles. The average Bonchev–Trinajstić information content (AvgIpc) is 2.39. The summed E-state index contributed by atoms with van der Waals surface area (Å²) < 4.78 is 5.18. The third-order valence-corrected chi connectivity index (χ3v) is 2.89. The van der Waals surface area contributed by atoms with Crippen molar-refractivity contribution in [1.82, 2.24) is 0 Å². The smallest absolute Gasteiger partial charge is 0.119 e. The lowest BCUT2D eigenvalue weighted by Gasteiger charge is -2.10. The third kappa shape index (κ3) is 2.14. The highest BCUT2D eigenvalue weighted by molar-refractivity contribution is 5.75. The number of methoxy groups -OCH3 is 1. The van der Waals surface area contributed by atoms with Crippen LogP contribution >= 0.6 is 0 Å². The fourth-order valence-corrected chi connectivity index (χ4v) is 1.95. The number of nitrogens with zero attached hydrogens (tertiary/aromatic N) is 1. The molecule has 2 aromatic rings. The first-order valence-electron chi connectivity index (χ1n) is 5.60. The molecular weight excluding hydrogens is 224 g/mol. The zero-order valence-corrected chi connectivity index (χ0v) is 10.4. The van der Waals surface area contributed by atoms with Gasteiger partial charge in [-0.05, 0) is 47.9 Å². The number of benzene rings is 2. The van der Waals surface area contributed by atoms with Gasteiger partial charge in [0.25, 0.3) is 0 Å². The number of hydrogen-bond donors (Lipinski definition) is 1. The molecule has 2 rings (SSSR count). The van der Waals surface area contributed by atoms with Gasteiger partial charge in [0.05, 0.1) is 18.7 Å². The largest absolute Gasteiger partial charge is 0.497 e.